The Morgan fingerprint density at radius 3 is 2.24 bits per heavy atom. The van der Waals surface area contributed by atoms with Crippen molar-refractivity contribution in [2.24, 2.45) is 0 Å². The fourth-order valence-electron chi connectivity index (χ4n) is 2.42. The topological polar surface area (TPSA) is 58.6 Å². The van der Waals surface area contributed by atoms with Gasteiger partial charge in [0, 0.05) is 6.54 Å². The zero-order valence-electron chi connectivity index (χ0n) is 13.9. The van der Waals surface area contributed by atoms with Gasteiger partial charge in [0.1, 0.15) is 17.3 Å². The molecule has 6 heteroatoms. The minimum absolute atomic E-state index is 0.239. The van der Waals surface area contributed by atoms with Gasteiger partial charge in [0.2, 0.25) is 0 Å². The summed E-state index contributed by atoms with van der Waals surface area (Å²) in [4.78, 5) is 14.1. The molecule has 2 heterocycles. The van der Waals surface area contributed by atoms with E-state index >= 15 is 0 Å². The number of halogens is 1. The average Bonchev–Trinajstić information content (AvgIpc) is 3.29. The molecule has 0 saturated heterocycles. The van der Waals surface area contributed by atoms with Crippen molar-refractivity contribution in [2.75, 3.05) is 0 Å². The number of carbonyl (C=O) groups excluding carboxylic acids is 1. The lowest BCUT2D eigenvalue weighted by Gasteiger charge is -2.21. The van der Waals surface area contributed by atoms with Gasteiger partial charge in [-0.25, -0.2) is 9.18 Å². The highest BCUT2D eigenvalue weighted by molar-refractivity contribution is 5.74. The minimum atomic E-state index is -0.284. The van der Waals surface area contributed by atoms with Gasteiger partial charge in [0.15, 0.2) is 0 Å². The Morgan fingerprint density at radius 1 is 1.08 bits per heavy atom. The second-order valence-corrected chi connectivity index (χ2v) is 5.76. The quantitative estimate of drug-likeness (QED) is 0.729. The van der Waals surface area contributed by atoms with Crippen LogP contribution in [0.1, 0.15) is 22.6 Å². The standard InChI is InChI=1S/C19H19FN2O3/c1-14-6-7-15(10-18(14)20)11-21-19(23)22(12-16-4-2-8-24-16)13-17-5-3-9-25-17/h2-10H,11-13H2,1H3,(H,21,23). The van der Waals surface area contributed by atoms with Gasteiger partial charge in [0.25, 0.3) is 0 Å². The van der Waals surface area contributed by atoms with Crippen LogP contribution in [0.2, 0.25) is 0 Å². The van der Waals surface area contributed by atoms with E-state index in [0.717, 1.165) is 0 Å². The molecule has 2 aromatic heterocycles. The van der Waals surface area contributed by atoms with Crippen molar-refractivity contribution in [3.05, 3.63) is 83.5 Å². The number of carbonyl (C=O) groups is 1. The number of amides is 2. The van der Waals surface area contributed by atoms with Crippen LogP contribution in [0.25, 0.3) is 0 Å². The van der Waals surface area contributed by atoms with Crippen molar-refractivity contribution >= 4 is 6.03 Å². The van der Waals surface area contributed by atoms with Gasteiger partial charge in [-0.2, -0.15) is 0 Å². The predicted octanol–water partition coefficient (Wildman–Crippen LogP) is 4.23. The number of aryl methyl sites for hydroxylation is 1. The van der Waals surface area contributed by atoms with Gasteiger partial charge >= 0.3 is 6.03 Å². The summed E-state index contributed by atoms with van der Waals surface area (Å²) in [5.74, 6) is 1.06. The lowest BCUT2D eigenvalue weighted by Crippen LogP contribution is -2.38. The smallest absolute Gasteiger partial charge is 0.318 e. The third-order valence-electron chi connectivity index (χ3n) is 3.82. The highest BCUT2D eigenvalue weighted by atomic mass is 19.1. The molecule has 3 rings (SSSR count). The fraction of sp³-hybridized carbons (Fsp3) is 0.211. The number of furan rings is 2. The Balaban J connectivity index is 1.66. The molecule has 0 spiro atoms. The zero-order chi connectivity index (χ0) is 17.6. The number of nitrogens with zero attached hydrogens (tertiary/aromatic N) is 1. The highest BCUT2D eigenvalue weighted by Crippen LogP contribution is 2.13. The first-order chi connectivity index (χ1) is 12.1. The Bertz CT molecular complexity index is 777. The van der Waals surface area contributed by atoms with Gasteiger partial charge in [-0.1, -0.05) is 12.1 Å². The number of hydrogen-bond donors (Lipinski definition) is 1. The lowest BCUT2D eigenvalue weighted by atomic mass is 10.1. The number of hydrogen-bond acceptors (Lipinski definition) is 3. The molecule has 0 aliphatic heterocycles. The SMILES string of the molecule is Cc1ccc(CNC(=O)N(Cc2ccco2)Cc2ccco2)cc1F. The summed E-state index contributed by atoms with van der Waals surface area (Å²) in [7, 11) is 0. The maximum atomic E-state index is 13.6. The molecule has 0 atom stereocenters. The Hall–Kier alpha value is -3.02. The van der Waals surface area contributed by atoms with Gasteiger partial charge in [-0.3, -0.25) is 0 Å². The van der Waals surface area contributed by atoms with Gasteiger partial charge in [0.05, 0.1) is 25.6 Å². The maximum absolute atomic E-state index is 13.6. The van der Waals surface area contributed by atoms with Gasteiger partial charge in [-0.15, -0.1) is 0 Å². The molecule has 0 aliphatic carbocycles. The van der Waals surface area contributed by atoms with Gasteiger partial charge in [-0.05, 0) is 48.4 Å². The average molecular weight is 342 g/mol. The number of benzene rings is 1. The van der Waals surface area contributed by atoms with Crippen LogP contribution < -0.4 is 5.32 Å². The molecule has 5 nitrogen and oxygen atoms in total. The molecular weight excluding hydrogens is 323 g/mol. The second kappa shape index (κ2) is 7.70. The van der Waals surface area contributed by atoms with Crippen LogP contribution in [0, 0.1) is 12.7 Å². The lowest BCUT2D eigenvalue weighted by molar-refractivity contribution is 0.181. The summed E-state index contributed by atoms with van der Waals surface area (Å²) in [5, 5.41) is 2.81. The van der Waals surface area contributed by atoms with Crippen LogP contribution in [0.5, 0.6) is 0 Å². The minimum Gasteiger partial charge on any atom is -0.467 e. The van der Waals surface area contributed by atoms with Crippen LogP contribution in [0.15, 0.2) is 63.8 Å². The van der Waals surface area contributed by atoms with Crippen molar-refractivity contribution in [3.8, 4) is 0 Å². The summed E-state index contributed by atoms with van der Waals surface area (Å²) in [5.41, 5.74) is 1.28. The van der Waals surface area contributed by atoms with E-state index in [9.17, 15) is 9.18 Å². The number of rotatable bonds is 6. The first-order valence-electron chi connectivity index (χ1n) is 7.94. The highest BCUT2D eigenvalue weighted by Gasteiger charge is 2.17. The zero-order valence-corrected chi connectivity index (χ0v) is 13.9. The van der Waals surface area contributed by atoms with E-state index in [1.165, 1.54) is 6.07 Å². The van der Waals surface area contributed by atoms with Crippen LogP contribution in [-0.2, 0) is 19.6 Å². The van der Waals surface area contributed by atoms with Gasteiger partial charge < -0.3 is 19.1 Å². The molecule has 1 aromatic carbocycles. The van der Waals surface area contributed by atoms with Crippen LogP contribution in [-0.4, -0.2) is 10.9 Å². The molecule has 130 valence electrons. The van der Waals surface area contributed by atoms with E-state index in [4.69, 9.17) is 8.83 Å². The Morgan fingerprint density at radius 2 is 1.72 bits per heavy atom. The number of nitrogens with one attached hydrogen (secondary N) is 1. The van der Waals surface area contributed by atoms with E-state index in [1.807, 2.05) is 0 Å². The fourth-order valence-corrected chi connectivity index (χ4v) is 2.42. The van der Waals surface area contributed by atoms with Crippen molar-refractivity contribution in [1.29, 1.82) is 0 Å². The first kappa shape index (κ1) is 16.8. The van der Waals surface area contributed by atoms with E-state index in [1.54, 1.807) is 60.7 Å². The molecule has 1 N–H and O–H groups in total. The molecule has 3 aromatic rings. The van der Waals surface area contributed by atoms with Crippen molar-refractivity contribution in [3.63, 3.8) is 0 Å². The van der Waals surface area contributed by atoms with E-state index in [2.05, 4.69) is 5.32 Å². The molecular formula is C19H19FN2O3. The first-order valence-corrected chi connectivity index (χ1v) is 7.94. The second-order valence-electron chi connectivity index (χ2n) is 5.76. The molecule has 0 unspecified atom stereocenters. The van der Waals surface area contributed by atoms with E-state index in [0.29, 0.717) is 35.7 Å². The van der Waals surface area contributed by atoms with Crippen molar-refractivity contribution < 1.29 is 18.0 Å². The number of urea groups is 1. The monoisotopic (exact) mass is 342 g/mol. The maximum Gasteiger partial charge on any atom is 0.318 e. The third-order valence-corrected chi connectivity index (χ3v) is 3.82. The predicted molar refractivity (Wildman–Crippen MR) is 90.0 cm³/mol. The van der Waals surface area contributed by atoms with Crippen LogP contribution in [0.3, 0.4) is 0 Å². The molecule has 2 amide bonds. The van der Waals surface area contributed by atoms with Crippen LogP contribution >= 0.6 is 0 Å². The third kappa shape index (κ3) is 4.50. The normalized spacial score (nSPS) is 10.6. The van der Waals surface area contributed by atoms with E-state index in [-0.39, 0.29) is 18.4 Å². The Kier molecular flexibility index (Phi) is 5.18. The summed E-state index contributed by atoms with van der Waals surface area (Å²) in [6.45, 7) is 2.55. The van der Waals surface area contributed by atoms with Crippen LogP contribution in [0.4, 0.5) is 9.18 Å². The summed E-state index contributed by atoms with van der Waals surface area (Å²) in [6, 6.07) is 11.8. The van der Waals surface area contributed by atoms with Crippen molar-refractivity contribution in [2.45, 2.75) is 26.6 Å². The molecule has 0 aliphatic rings. The molecule has 0 bridgehead atoms. The molecule has 25 heavy (non-hydrogen) atoms. The molecule has 0 radical (unpaired) electrons. The molecule has 0 saturated carbocycles. The summed E-state index contributed by atoms with van der Waals surface area (Å²) < 4.78 is 24.3. The Labute approximate surface area is 145 Å². The van der Waals surface area contributed by atoms with Crippen molar-refractivity contribution in [1.82, 2.24) is 10.2 Å². The largest absolute Gasteiger partial charge is 0.467 e. The van der Waals surface area contributed by atoms with E-state index < -0.39 is 0 Å². The summed E-state index contributed by atoms with van der Waals surface area (Å²) in [6.07, 6.45) is 3.13. The summed E-state index contributed by atoms with van der Waals surface area (Å²) >= 11 is 0. The molecule has 0 fully saturated rings.